The molecule has 0 fully saturated rings. The highest BCUT2D eigenvalue weighted by molar-refractivity contribution is 6.09. The van der Waals surface area contributed by atoms with Crippen molar-refractivity contribution in [2.24, 2.45) is 9.98 Å². The SMILES string of the molecule is CCc1c(C)c[nH]c1/C=C1\N=C(C)C(CC2=C(C)/C(=C/c3[nH]cc(C)c3CC)N=C2C)=C1C. The second-order valence-corrected chi connectivity index (χ2v) is 9.27. The van der Waals surface area contributed by atoms with Crippen LogP contribution >= 0.6 is 0 Å². The molecule has 2 aromatic heterocycles. The van der Waals surface area contributed by atoms with Crippen molar-refractivity contribution >= 4 is 23.6 Å². The summed E-state index contributed by atoms with van der Waals surface area (Å²) in [7, 11) is 0. The number of aryl methyl sites for hydroxylation is 2. The van der Waals surface area contributed by atoms with Gasteiger partial charge in [0, 0.05) is 41.6 Å². The fourth-order valence-electron chi connectivity index (χ4n) is 5.11. The van der Waals surface area contributed by atoms with Crippen molar-refractivity contribution in [1.82, 2.24) is 9.97 Å². The fraction of sp³-hybridized carbons (Fsp3) is 0.379. The molecule has 0 unspecified atom stereocenters. The molecule has 0 aliphatic carbocycles. The summed E-state index contributed by atoms with van der Waals surface area (Å²) in [6.45, 7) is 17.4. The molecule has 4 rings (SSSR count). The monoisotopic (exact) mass is 440 g/mol. The molecule has 2 N–H and O–H groups in total. The molecular weight excluding hydrogens is 404 g/mol. The summed E-state index contributed by atoms with van der Waals surface area (Å²) in [5.74, 6) is 0. The van der Waals surface area contributed by atoms with Gasteiger partial charge < -0.3 is 9.97 Å². The molecule has 0 saturated heterocycles. The van der Waals surface area contributed by atoms with Crippen LogP contribution in [0.4, 0.5) is 0 Å². The van der Waals surface area contributed by atoms with Gasteiger partial charge in [-0.3, -0.25) is 9.98 Å². The summed E-state index contributed by atoms with van der Waals surface area (Å²) in [5.41, 5.74) is 17.2. The van der Waals surface area contributed by atoms with E-state index in [1.807, 2.05) is 0 Å². The van der Waals surface area contributed by atoms with Gasteiger partial charge in [0.1, 0.15) is 0 Å². The van der Waals surface area contributed by atoms with Crippen molar-refractivity contribution in [3.63, 3.8) is 0 Å². The lowest BCUT2D eigenvalue weighted by atomic mass is 9.93. The van der Waals surface area contributed by atoms with Crippen LogP contribution in [-0.2, 0) is 12.8 Å². The molecule has 0 spiro atoms. The second-order valence-electron chi connectivity index (χ2n) is 9.27. The molecule has 4 heterocycles. The van der Waals surface area contributed by atoms with Gasteiger partial charge in [-0.25, -0.2) is 0 Å². The van der Waals surface area contributed by atoms with E-state index in [0.717, 1.165) is 42.1 Å². The van der Waals surface area contributed by atoms with Crippen LogP contribution in [0.1, 0.15) is 81.6 Å². The topological polar surface area (TPSA) is 56.3 Å². The molecule has 2 aliphatic heterocycles. The molecule has 172 valence electrons. The minimum absolute atomic E-state index is 0.867. The number of nitrogens with zero attached hydrogens (tertiary/aromatic N) is 2. The summed E-state index contributed by atoms with van der Waals surface area (Å²) < 4.78 is 0. The predicted octanol–water partition coefficient (Wildman–Crippen LogP) is 7.44. The first-order valence-corrected chi connectivity index (χ1v) is 12.0. The van der Waals surface area contributed by atoms with E-state index in [9.17, 15) is 0 Å². The number of nitrogens with one attached hydrogen (secondary N) is 2. The molecule has 0 saturated carbocycles. The van der Waals surface area contributed by atoms with Crippen LogP contribution in [-0.4, -0.2) is 21.4 Å². The van der Waals surface area contributed by atoms with E-state index in [1.165, 1.54) is 55.9 Å². The summed E-state index contributed by atoms with van der Waals surface area (Å²) in [6, 6.07) is 0. The molecule has 33 heavy (non-hydrogen) atoms. The molecule has 0 amide bonds. The zero-order chi connectivity index (χ0) is 23.9. The van der Waals surface area contributed by atoms with E-state index >= 15 is 0 Å². The van der Waals surface area contributed by atoms with Gasteiger partial charge in [-0.1, -0.05) is 13.8 Å². The fourth-order valence-corrected chi connectivity index (χ4v) is 5.11. The average molecular weight is 441 g/mol. The van der Waals surface area contributed by atoms with Crippen molar-refractivity contribution in [1.29, 1.82) is 0 Å². The standard InChI is InChI=1S/C29H36N4/c1-9-22-16(3)14-30-28(22)12-26-18(5)24(20(7)32-26)11-25-19(6)27(33-21(25)8)13-29-23(10-2)17(4)15-31-29/h12-15,30-31H,9-11H2,1-8H3/b26-12-,27-13-. The molecule has 0 aromatic carbocycles. The van der Waals surface area contributed by atoms with Gasteiger partial charge in [-0.2, -0.15) is 0 Å². The Kier molecular flexibility index (Phi) is 6.29. The number of aromatic nitrogens is 2. The Balaban J connectivity index is 1.66. The number of hydrogen-bond donors (Lipinski definition) is 2. The third kappa shape index (κ3) is 4.15. The van der Waals surface area contributed by atoms with Gasteiger partial charge in [0.2, 0.25) is 0 Å². The lowest BCUT2D eigenvalue weighted by Crippen LogP contribution is -2.02. The van der Waals surface area contributed by atoms with E-state index in [2.05, 4.69) is 89.9 Å². The number of aliphatic imine (C=N–C) groups is 2. The van der Waals surface area contributed by atoms with Crippen LogP contribution in [0.3, 0.4) is 0 Å². The number of allylic oxidation sites excluding steroid dienone is 4. The van der Waals surface area contributed by atoms with Crippen molar-refractivity contribution in [3.8, 4) is 0 Å². The molecular formula is C29H36N4. The highest BCUT2D eigenvalue weighted by Crippen LogP contribution is 2.36. The van der Waals surface area contributed by atoms with Crippen LogP contribution < -0.4 is 0 Å². The Labute approximate surface area is 198 Å². The zero-order valence-electron chi connectivity index (χ0n) is 21.3. The van der Waals surface area contributed by atoms with Gasteiger partial charge >= 0.3 is 0 Å². The van der Waals surface area contributed by atoms with Crippen LogP contribution in [0.5, 0.6) is 0 Å². The highest BCUT2D eigenvalue weighted by atomic mass is 14.8. The lowest BCUT2D eigenvalue weighted by molar-refractivity contribution is 1.11. The van der Waals surface area contributed by atoms with Crippen LogP contribution in [0.2, 0.25) is 0 Å². The molecule has 2 aromatic rings. The van der Waals surface area contributed by atoms with Gasteiger partial charge in [-0.15, -0.1) is 0 Å². The highest BCUT2D eigenvalue weighted by Gasteiger charge is 2.24. The van der Waals surface area contributed by atoms with E-state index in [4.69, 9.17) is 9.98 Å². The first kappa shape index (κ1) is 23.0. The first-order valence-electron chi connectivity index (χ1n) is 12.0. The van der Waals surface area contributed by atoms with Crippen molar-refractivity contribution in [3.05, 3.63) is 79.7 Å². The summed E-state index contributed by atoms with van der Waals surface area (Å²) >= 11 is 0. The lowest BCUT2D eigenvalue weighted by Gasteiger charge is -2.08. The Morgan fingerprint density at radius 3 is 1.42 bits per heavy atom. The van der Waals surface area contributed by atoms with Crippen LogP contribution in [0.25, 0.3) is 12.2 Å². The third-order valence-electron chi connectivity index (χ3n) is 7.24. The molecule has 0 bridgehead atoms. The Morgan fingerprint density at radius 2 is 1.06 bits per heavy atom. The number of H-pyrrole nitrogens is 2. The summed E-state index contributed by atoms with van der Waals surface area (Å²) in [4.78, 5) is 16.7. The van der Waals surface area contributed by atoms with Crippen molar-refractivity contribution < 1.29 is 0 Å². The predicted molar refractivity (Wildman–Crippen MR) is 142 cm³/mol. The quantitative estimate of drug-likeness (QED) is 0.469. The minimum Gasteiger partial charge on any atom is -0.361 e. The Morgan fingerprint density at radius 1 is 0.667 bits per heavy atom. The molecule has 4 nitrogen and oxygen atoms in total. The molecule has 2 aliphatic rings. The molecule has 4 heteroatoms. The van der Waals surface area contributed by atoms with E-state index in [-0.39, 0.29) is 0 Å². The average Bonchev–Trinajstić information content (AvgIpc) is 3.47. The maximum Gasteiger partial charge on any atom is 0.0686 e. The van der Waals surface area contributed by atoms with Crippen LogP contribution in [0, 0.1) is 13.8 Å². The van der Waals surface area contributed by atoms with Crippen LogP contribution in [0.15, 0.2) is 56.1 Å². The van der Waals surface area contributed by atoms with Gasteiger partial charge in [0.15, 0.2) is 0 Å². The van der Waals surface area contributed by atoms with Gasteiger partial charge in [0.05, 0.1) is 11.4 Å². The van der Waals surface area contributed by atoms with Gasteiger partial charge in [-0.05, 0) is 111 Å². The zero-order valence-corrected chi connectivity index (χ0v) is 21.3. The minimum atomic E-state index is 0.867. The van der Waals surface area contributed by atoms with Crippen molar-refractivity contribution in [2.75, 3.05) is 0 Å². The maximum absolute atomic E-state index is 4.94. The van der Waals surface area contributed by atoms with E-state index in [1.54, 1.807) is 0 Å². The smallest absolute Gasteiger partial charge is 0.0686 e. The Bertz CT molecular complexity index is 1190. The largest absolute Gasteiger partial charge is 0.361 e. The van der Waals surface area contributed by atoms with Gasteiger partial charge in [0.25, 0.3) is 0 Å². The number of aromatic amines is 2. The van der Waals surface area contributed by atoms with E-state index in [0.29, 0.717) is 0 Å². The molecule has 0 atom stereocenters. The normalized spacial score (nSPS) is 18.9. The van der Waals surface area contributed by atoms with Crippen molar-refractivity contribution in [2.45, 2.75) is 74.7 Å². The molecule has 0 radical (unpaired) electrons. The summed E-state index contributed by atoms with van der Waals surface area (Å²) in [6.07, 6.45) is 11.5. The second kappa shape index (κ2) is 9.01. The first-order chi connectivity index (χ1) is 15.7. The third-order valence-corrected chi connectivity index (χ3v) is 7.24. The summed E-state index contributed by atoms with van der Waals surface area (Å²) in [5, 5.41) is 0. The number of hydrogen-bond acceptors (Lipinski definition) is 2. The number of rotatable bonds is 6. The Hall–Kier alpha value is -3.14. The maximum atomic E-state index is 4.94. The van der Waals surface area contributed by atoms with E-state index < -0.39 is 0 Å².